The van der Waals surface area contributed by atoms with Crippen LogP contribution >= 0.6 is 0 Å². The maximum Gasteiger partial charge on any atom is 1.00 e. The molecule has 1 aromatic heterocycles. The molecule has 0 amide bonds. The van der Waals surface area contributed by atoms with E-state index in [4.69, 9.17) is 0 Å². The van der Waals surface area contributed by atoms with E-state index in [9.17, 15) is 9.90 Å². The molecule has 0 bridgehead atoms. The maximum atomic E-state index is 9.83. The topological polar surface area (TPSA) is 81.7 Å². The van der Waals surface area contributed by atoms with Gasteiger partial charge in [0.15, 0.2) is 0 Å². The molecular weight excluding hydrogens is 218 g/mol. The molecule has 0 aliphatic heterocycles. The van der Waals surface area contributed by atoms with Crippen LogP contribution in [0.1, 0.15) is 10.5 Å². The van der Waals surface area contributed by atoms with Crippen molar-refractivity contribution in [1.82, 2.24) is 15.4 Å². The van der Waals surface area contributed by atoms with E-state index in [-0.39, 0.29) is 28.1 Å². The average molecular weight is 220 g/mol. The fourth-order valence-electron chi connectivity index (χ4n) is 0.300. The zero-order valence-corrected chi connectivity index (χ0v) is 5.57. The van der Waals surface area contributed by atoms with E-state index in [1.807, 2.05) is 0 Å². The second-order valence-corrected chi connectivity index (χ2v) is 1.14. The van der Waals surface area contributed by atoms with Crippen molar-refractivity contribution >= 4 is 5.97 Å². The Bertz CT molecular complexity index is 185. The van der Waals surface area contributed by atoms with Crippen molar-refractivity contribution in [2.24, 2.45) is 0 Å². The van der Waals surface area contributed by atoms with E-state index in [1.54, 1.807) is 0 Å². The summed E-state index contributed by atoms with van der Waals surface area (Å²) in [6.07, 6.45) is 1.08. The van der Waals surface area contributed by atoms with Crippen LogP contribution in [0.3, 0.4) is 0 Å². The van der Waals surface area contributed by atoms with Crippen LogP contribution in [0.4, 0.5) is 0 Å². The number of carbonyl (C=O) groups is 1. The molecule has 5 nitrogen and oxygen atoms in total. The molecule has 52 valence electrons. The first-order chi connectivity index (χ1) is 3.80. The summed E-state index contributed by atoms with van der Waals surface area (Å²) >= 11 is 0. The summed E-state index contributed by atoms with van der Waals surface area (Å²) < 4.78 is 0. The molecule has 1 heterocycles. The minimum atomic E-state index is -1.32. The molecule has 1 N–H and O–H groups in total. The fraction of sp³-hybridized carbons (Fsp3) is 0. The normalized spacial score (nSPS) is 8.00. The van der Waals surface area contributed by atoms with E-state index in [1.165, 1.54) is 0 Å². The van der Waals surface area contributed by atoms with Crippen LogP contribution in [0.15, 0.2) is 6.20 Å². The van der Waals surface area contributed by atoms with Crippen LogP contribution in [0.25, 0.3) is 0 Å². The number of nitrogens with one attached hydrogen (secondary N) is 1. The molecule has 0 unspecified atom stereocenters. The molecule has 0 aliphatic carbocycles. The number of hydrogen-bond acceptors (Lipinski definition) is 4. The third-order valence-corrected chi connectivity index (χ3v) is 0.624. The van der Waals surface area contributed by atoms with Gasteiger partial charge in [0.1, 0.15) is 5.69 Å². The van der Waals surface area contributed by atoms with Gasteiger partial charge in [-0.15, -0.1) is 0 Å². The smallest absolute Gasteiger partial charge is 0.543 e. The maximum absolute atomic E-state index is 9.83. The van der Waals surface area contributed by atoms with Crippen LogP contribution in [-0.2, 0) is 22.4 Å². The van der Waals surface area contributed by atoms with Crippen LogP contribution in [-0.4, -0.2) is 21.4 Å². The number of aromatic nitrogens is 3. The van der Waals surface area contributed by atoms with Gasteiger partial charge in [-0.05, 0) is 0 Å². The summed E-state index contributed by atoms with van der Waals surface area (Å²) in [6, 6.07) is 0. The number of carboxylic acids is 1. The number of carboxylic acid groups (broad SMARTS) is 1. The minimum absolute atomic E-state index is 0. The van der Waals surface area contributed by atoms with Crippen molar-refractivity contribution in [2.45, 2.75) is 0 Å². The SMILES string of the molecule is O=C([O-])c1cn[nH]n1.[Ag+]. The Morgan fingerprint density at radius 1 is 1.78 bits per heavy atom. The standard InChI is InChI=1S/C3H3N3O2.Ag/c7-3(8)2-1-4-6-5-2;/h1H,(H,7,8)(H,4,5,6);/q;+1/p-1. The van der Waals surface area contributed by atoms with Gasteiger partial charge in [-0.3, -0.25) is 0 Å². The van der Waals surface area contributed by atoms with E-state index in [0.29, 0.717) is 0 Å². The fourth-order valence-corrected chi connectivity index (χ4v) is 0.300. The van der Waals surface area contributed by atoms with E-state index in [2.05, 4.69) is 15.4 Å². The Balaban J connectivity index is 0.000000640. The summed E-state index contributed by atoms with van der Waals surface area (Å²) in [5.74, 6) is -1.32. The molecular formula is C3H2AgN3O2. The van der Waals surface area contributed by atoms with Crippen LogP contribution in [0, 0.1) is 0 Å². The summed E-state index contributed by atoms with van der Waals surface area (Å²) in [5, 5.41) is 18.4. The van der Waals surface area contributed by atoms with E-state index < -0.39 is 5.97 Å². The van der Waals surface area contributed by atoms with Gasteiger partial charge in [-0.25, -0.2) is 0 Å². The third-order valence-electron chi connectivity index (χ3n) is 0.624. The summed E-state index contributed by atoms with van der Waals surface area (Å²) in [5.41, 5.74) is -0.176. The second kappa shape index (κ2) is 3.39. The predicted molar refractivity (Wildman–Crippen MR) is 20.7 cm³/mol. The third kappa shape index (κ3) is 1.96. The van der Waals surface area contributed by atoms with Gasteiger partial charge in [0.2, 0.25) is 0 Å². The molecule has 0 fully saturated rings. The van der Waals surface area contributed by atoms with Crippen molar-refractivity contribution in [3.8, 4) is 0 Å². The summed E-state index contributed by atoms with van der Waals surface area (Å²) in [7, 11) is 0. The van der Waals surface area contributed by atoms with Crippen molar-refractivity contribution < 1.29 is 32.3 Å². The molecule has 1 rings (SSSR count). The average Bonchev–Trinajstić information content (AvgIpc) is 2.12. The first-order valence-electron chi connectivity index (χ1n) is 1.88. The van der Waals surface area contributed by atoms with Gasteiger partial charge in [0.05, 0.1) is 12.2 Å². The second-order valence-electron chi connectivity index (χ2n) is 1.14. The Morgan fingerprint density at radius 3 is 2.67 bits per heavy atom. The van der Waals surface area contributed by atoms with Gasteiger partial charge in [-0.1, -0.05) is 0 Å². The quantitative estimate of drug-likeness (QED) is 0.564. The number of aromatic carboxylic acids is 1. The number of hydrogen-bond donors (Lipinski definition) is 1. The summed E-state index contributed by atoms with van der Waals surface area (Å²) in [4.78, 5) is 9.83. The van der Waals surface area contributed by atoms with E-state index in [0.717, 1.165) is 6.20 Å². The zero-order chi connectivity index (χ0) is 5.98. The number of rotatable bonds is 1. The van der Waals surface area contributed by atoms with Gasteiger partial charge >= 0.3 is 22.4 Å². The number of H-pyrrole nitrogens is 1. The van der Waals surface area contributed by atoms with Crippen LogP contribution in [0.5, 0.6) is 0 Å². The molecule has 0 aliphatic rings. The predicted octanol–water partition coefficient (Wildman–Crippen LogP) is -1.83. The number of carbonyl (C=O) groups excluding carboxylic acids is 1. The molecule has 6 heteroatoms. The number of aromatic amines is 1. The molecule has 0 atom stereocenters. The first kappa shape index (κ1) is 8.35. The Kier molecular flexibility index (Phi) is 3.15. The van der Waals surface area contributed by atoms with Crippen molar-refractivity contribution in [2.75, 3.05) is 0 Å². The molecule has 0 saturated heterocycles. The minimum Gasteiger partial charge on any atom is -0.543 e. The van der Waals surface area contributed by atoms with Gasteiger partial charge in [0, 0.05) is 0 Å². The van der Waals surface area contributed by atoms with Gasteiger partial charge < -0.3 is 9.90 Å². The Morgan fingerprint density at radius 2 is 2.44 bits per heavy atom. The molecule has 0 spiro atoms. The molecule has 9 heavy (non-hydrogen) atoms. The zero-order valence-electron chi connectivity index (χ0n) is 4.09. The van der Waals surface area contributed by atoms with Crippen molar-refractivity contribution in [3.63, 3.8) is 0 Å². The summed E-state index contributed by atoms with van der Waals surface area (Å²) in [6.45, 7) is 0. The van der Waals surface area contributed by atoms with Crippen molar-refractivity contribution in [3.05, 3.63) is 11.9 Å². The molecule has 0 radical (unpaired) electrons. The number of nitrogens with zero attached hydrogens (tertiary/aromatic N) is 2. The molecule has 1 aromatic rings. The molecule has 0 aromatic carbocycles. The monoisotopic (exact) mass is 219 g/mol. The van der Waals surface area contributed by atoms with Crippen LogP contribution in [0.2, 0.25) is 0 Å². The van der Waals surface area contributed by atoms with Crippen LogP contribution < -0.4 is 5.11 Å². The van der Waals surface area contributed by atoms with Gasteiger partial charge in [0.25, 0.3) is 0 Å². The molecule has 0 saturated carbocycles. The van der Waals surface area contributed by atoms with Crippen molar-refractivity contribution in [1.29, 1.82) is 0 Å². The largest absolute Gasteiger partial charge is 1.00 e. The van der Waals surface area contributed by atoms with Gasteiger partial charge in [-0.2, -0.15) is 15.4 Å². The Labute approximate surface area is 66.0 Å². The Hall–Kier alpha value is -0.650. The first-order valence-corrected chi connectivity index (χ1v) is 1.88. The van der Waals surface area contributed by atoms with E-state index >= 15 is 0 Å².